The third kappa shape index (κ3) is 5.17. The fourth-order valence-corrected chi connectivity index (χ4v) is 1.98. The molecule has 0 aliphatic heterocycles. The third-order valence-electron chi connectivity index (χ3n) is 3.10. The Labute approximate surface area is 121 Å². The highest BCUT2D eigenvalue weighted by molar-refractivity contribution is 5.94. The number of amides is 1. The van der Waals surface area contributed by atoms with E-state index < -0.39 is 0 Å². The van der Waals surface area contributed by atoms with Crippen molar-refractivity contribution in [3.63, 3.8) is 0 Å². The summed E-state index contributed by atoms with van der Waals surface area (Å²) >= 11 is 0. The van der Waals surface area contributed by atoms with Gasteiger partial charge in [0.15, 0.2) is 0 Å². The van der Waals surface area contributed by atoms with Gasteiger partial charge in [-0.3, -0.25) is 4.79 Å². The average Bonchev–Trinajstić information content (AvgIpc) is 2.49. The number of nitrogens with one attached hydrogen (secondary N) is 2. The van der Waals surface area contributed by atoms with Crippen LogP contribution in [0.15, 0.2) is 18.3 Å². The predicted molar refractivity (Wildman–Crippen MR) is 83.3 cm³/mol. The SMILES string of the molecule is CCCN(CC)c1ccc(C(=O)NCCCNC)cn1. The molecule has 0 spiro atoms. The minimum Gasteiger partial charge on any atom is -0.357 e. The van der Waals surface area contributed by atoms with E-state index in [0.29, 0.717) is 12.1 Å². The monoisotopic (exact) mass is 278 g/mol. The van der Waals surface area contributed by atoms with Crippen LogP contribution in [0.3, 0.4) is 0 Å². The first kappa shape index (κ1) is 16.4. The molecule has 1 amide bonds. The number of aromatic nitrogens is 1. The maximum Gasteiger partial charge on any atom is 0.252 e. The molecule has 1 heterocycles. The Morgan fingerprint density at radius 3 is 2.65 bits per heavy atom. The summed E-state index contributed by atoms with van der Waals surface area (Å²) in [6, 6.07) is 3.76. The molecule has 0 saturated heterocycles. The minimum atomic E-state index is -0.0568. The van der Waals surface area contributed by atoms with Crippen molar-refractivity contribution in [2.24, 2.45) is 0 Å². The molecule has 0 atom stereocenters. The van der Waals surface area contributed by atoms with Crippen molar-refractivity contribution < 1.29 is 4.79 Å². The number of nitrogens with zero attached hydrogens (tertiary/aromatic N) is 2. The maximum atomic E-state index is 11.9. The topological polar surface area (TPSA) is 57.3 Å². The van der Waals surface area contributed by atoms with E-state index in [9.17, 15) is 4.79 Å². The van der Waals surface area contributed by atoms with Crippen molar-refractivity contribution >= 4 is 11.7 Å². The number of hydrogen-bond donors (Lipinski definition) is 2. The van der Waals surface area contributed by atoms with Crippen LogP contribution in [0, 0.1) is 0 Å². The van der Waals surface area contributed by atoms with Gasteiger partial charge in [-0.25, -0.2) is 4.98 Å². The lowest BCUT2D eigenvalue weighted by Gasteiger charge is -2.21. The normalized spacial score (nSPS) is 10.3. The van der Waals surface area contributed by atoms with Gasteiger partial charge in [0, 0.05) is 25.8 Å². The first-order valence-corrected chi connectivity index (χ1v) is 7.36. The summed E-state index contributed by atoms with van der Waals surface area (Å²) in [5.41, 5.74) is 0.616. The number of anilines is 1. The zero-order chi connectivity index (χ0) is 14.8. The molecule has 0 unspecified atom stereocenters. The third-order valence-corrected chi connectivity index (χ3v) is 3.10. The molecule has 0 radical (unpaired) electrons. The molecule has 1 aromatic heterocycles. The van der Waals surface area contributed by atoms with Gasteiger partial charge in [-0.15, -0.1) is 0 Å². The Morgan fingerprint density at radius 2 is 2.10 bits per heavy atom. The maximum absolute atomic E-state index is 11.9. The minimum absolute atomic E-state index is 0.0568. The van der Waals surface area contributed by atoms with Crippen LogP contribution in [-0.2, 0) is 0 Å². The number of hydrogen-bond acceptors (Lipinski definition) is 4. The lowest BCUT2D eigenvalue weighted by Crippen LogP contribution is -2.27. The average molecular weight is 278 g/mol. The van der Waals surface area contributed by atoms with E-state index >= 15 is 0 Å². The molecule has 0 fully saturated rings. The number of carbonyl (C=O) groups excluding carboxylic acids is 1. The first-order valence-electron chi connectivity index (χ1n) is 7.36. The number of carbonyl (C=O) groups is 1. The van der Waals surface area contributed by atoms with Gasteiger partial charge in [0.1, 0.15) is 5.82 Å². The van der Waals surface area contributed by atoms with Gasteiger partial charge in [-0.1, -0.05) is 6.92 Å². The first-order chi connectivity index (χ1) is 9.72. The van der Waals surface area contributed by atoms with Crippen LogP contribution in [0.25, 0.3) is 0 Å². The summed E-state index contributed by atoms with van der Waals surface area (Å²) in [5, 5.41) is 5.94. The van der Waals surface area contributed by atoms with Crippen LogP contribution in [0.5, 0.6) is 0 Å². The molecule has 5 heteroatoms. The summed E-state index contributed by atoms with van der Waals surface area (Å²) in [4.78, 5) is 18.5. The Kier molecular flexibility index (Phi) is 7.65. The zero-order valence-electron chi connectivity index (χ0n) is 12.8. The van der Waals surface area contributed by atoms with Gasteiger partial charge < -0.3 is 15.5 Å². The summed E-state index contributed by atoms with van der Waals surface area (Å²) in [5.74, 6) is 0.875. The van der Waals surface area contributed by atoms with Gasteiger partial charge in [-0.2, -0.15) is 0 Å². The lowest BCUT2D eigenvalue weighted by molar-refractivity contribution is 0.0953. The summed E-state index contributed by atoms with van der Waals surface area (Å²) in [6.07, 6.45) is 3.66. The highest BCUT2D eigenvalue weighted by atomic mass is 16.1. The quantitative estimate of drug-likeness (QED) is 0.675. The Morgan fingerprint density at radius 1 is 1.30 bits per heavy atom. The summed E-state index contributed by atoms with van der Waals surface area (Å²) in [6.45, 7) is 7.75. The fraction of sp³-hybridized carbons (Fsp3) is 0.600. The molecule has 112 valence electrons. The number of pyridine rings is 1. The lowest BCUT2D eigenvalue weighted by atomic mass is 10.2. The van der Waals surface area contributed by atoms with Gasteiger partial charge in [0.05, 0.1) is 5.56 Å². The van der Waals surface area contributed by atoms with Gasteiger partial charge in [0.25, 0.3) is 5.91 Å². The van der Waals surface area contributed by atoms with E-state index in [1.165, 1.54) is 0 Å². The molecule has 20 heavy (non-hydrogen) atoms. The van der Waals surface area contributed by atoms with Crippen LogP contribution >= 0.6 is 0 Å². The highest BCUT2D eigenvalue weighted by Gasteiger charge is 2.08. The molecule has 1 aromatic rings. The van der Waals surface area contributed by atoms with Crippen molar-refractivity contribution in [1.82, 2.24) is 15.6 Å². The smallest absolute Gasteiger partial charge is 0.252 e. The molecule has 0 bridgehead atoms. The standard InChI is InChI=1S/C15H26N4O/c1-4-11-19(5-2)14-8-7-13(12-18-14)15(20)17-10-6-9-16-3/h7-8,12,16H,4-6,9-11H2,1-3H3,(H,17,20). The van der Waals surface area contributed by atoms with Gasteiger partial charge in [0.2, 0.25) is 0 Å². The Bertz CT molecular complexity index is 391. The van der Waals surface area contributed by atoms with Crippen molar-refractivity contribution in [3.05, 3.63) is 23.9 Å². The highest BCUT2D eigenvalue weighted by Crippen LogP contribution is 2.11. The van der Waals surface area contributed by atoms with Crippen LogP contribution in [0.1, 0.15) is 37.0 Å². The van der Waals surface area contributed by atoms with Crippen molar-refractivity contribution in [1.29, 1.82) is 0 Å². The molecule has 0 aromatic carbocycles. The molecule has 1 rings (SSSR count). The van der Waals surface area contributed by atoms with Crippen LogP contribution in [0.4, 0.5) is 5.82 Å². The molecule has 0 aliphatic rings. The van der Waals surface area contributed by atoms with Crippen LogP contribution in [-0.4, -0.2) is 44.1 Å². The molecule has 2 N–H and O–H groups in total. The molecule has 0 saturated carbocycles. The largest absolute Gasteiger partial charge is 0.357 e. The second-order valence-electron chi connectivity index (χ2n) is 4.70. The second-order valence-corrected chi connectivity index (χ2v) is 4.70. The summed E-state index contributed by atoms with van der Waals surface area (Å²) in [7, 11) is 1.90. The fourth-order valence-electron chi connectivity index (χ4n) is 1.98. The molecular weight excluding hydrogens is 252 g/mol. The molecule has 5 nitrogen and oxygen atoms in total. The van der Waals surface area contributed by atoms with Crippen molar-refractivity contribution in [2.75, 3.05) is 38.1 Å². The van der Waals surface area contributed by atoms with Crippen molar-refractivity contribution in [3.8, 4) is 0 Å². The van der Waals surface area contributed by atoms with E-state index in [1.807, 2.05) is 19.2 Å². The summed E-state index contributed by atoms with van der Waals surface area (Å²) < 4.78 is 0. The molecular formula is C15H26N4O. The predicted octanol–water partition coefficient (Wildman–Crippen LogP) is 1.66. The van der Waals surface area contributed by atoms with Gasteiger partial charge >= 0.3 is 0 Å². The second kappa shape index (κ2) is 9.31. The van der Waals surface area contributed by atoms with Gasteiger partial charge in [-0.05, 0) is 45.5 Å². The van der Waals surface area contributed by atoms with E-state index in [1.54, 1.807) is 6.20 Å². The Hall–Kier alpha value is -1.62. The van der Waals surface area contributed by atoms with E-state index in [2.05, 4.69) is 34.4 Å². The number of rotatable bonds is 9. The molecule has 0 aliphatic carbocycles. The van der Waals surface area contributed by atoms with Crippen molar-refractivity contribution in [2.45, 2.75) is 26.7 Å². The Balaban J connectivity index is 2.54. The van der Waals surface area contributed by atoms with Crippen LogP contribution in [0.2, 0.25) is 0 Å². The van der Waals surface area contributed by atoms with E-state index in [-0.39, 0.29) is 5.91 Å². The van der Waals surface area contributed by atoms with E-state index in [0.717, 1.165) is 38.3 Å². The van der Waals surface area contributed by atoms with E-state index in [4.69, 9.17) is 0 Å². The zero-order valence-corrected chi connectivity index (χ0v) is 12.8. The van der Waals surface area contributed by atoms with Crippen LogP contribution < -0.4 is 15.5 Å².